The van der Waals surface area contributed by atoms with Crippen LogP contribution in [0.5, 0.6) is 0 Å². The summed E-state index contributed by atoms with van der Waals surface area (Å²) < 4.78 is 7.72. The molecule has 0 spiro atoms. The zero-order valence-electron chi connectivity index (χ0n) is 12.9. The number of ether oxygens (including phenoxy) is 1. The molecule has 23 heavy (non-hydrogen) atoms. The van der Waals surface area contributed by atoms with Gasteiger partial charge in [0.15, 0.2) is 0 Å². The Bertz CT molecular complexity index is 655. The molecule has 0 bridgehead atoms. The van der Waals surface area contributed by atoms with E-state index in [0.717, 1.165) is 42.7 Å². The van der Waals surface area contributed by atoms with E-state index in [1.165, 1.54) is 0 Å². The van der Waals surface area contributed by atoms with E-state index in [-0.39, 0.29) is 12.2 Å². The molecule has 1 amide bonds. The van der Waals surface area contributed by atoms with Crippen molar-refractivity contribution < 1.29 is 9.53 Å². The Balaban J connectivity index is 1.67. The molecule has 1 atom stereocenters. The van der Waals surface area contributed by atoms with Crippen molar-refractivity contribution in [1.82, 2.24) is 4.67 Å². The fourth-order valence-corrected chi connectivity index (χ4v) is 3.04. The average Bonchev–Trinajstić information content (AvgIpc) is 2.58. The summed E-state index contributed by atoms with van der Waals surface area (Å²) in [5.41, 5.74) is 2.83. The Morgan fingerprint density at radius 1 is 1.04 bits per heavy atom. The third kappa shape index (κ3) is 4.31. The molecule has 4 nitrogen and oxygen atoms in total. The molecule has 2 aromatic carbocycles. The van der Waals surface area contributed by atoms with Crippen LogP contribution < -0.4 is 5.32 Å². The van der Waals surface area contributed by atoms with Crippen LogP contribution in [-0.4, -0.2) is 30.0 Å². The molecule has 1 aliphatic heterocycles. The molecular formula is C18H21N2O2P. The lowest BCUT2D eigenvalue weighted by molar-refractivity contribution is 0.0789. The largest absolute Gasteiger partial charge is 0.446 e. The number of amides is 1. The Morgan fingerprint density at radius 3 is 2.43 bits per heavy atom. The fourth-order valence-electron chi connectivity index (χ4n) is 2.75. The molecule has 3 rings (SSSR count). The van der Waals surface area contributed by atoms with Crippen molar-refractivity contribution in [3.8, 4) is 11.1 Å². The standard InChI is InChI=1S/C18H21N2O2P/c21-18(22-15-10-12-20(23)13-11-15)19-17-9-5-4-8-16(17)14-6-2-1-3-7-14/h1-9,15H,10-13,23H2,(H,19,21). The minimum Gasteiger partial charge on any atom is -0.446 e. The van der Waals surface area contributed by atoms with E-state index in [1.807, 2.05) is 54.6 Å². The van der Waals surface area contributed by atoms with Crippen molar-refractivity contribution in [1.29, 1.82) is 0 Å². The van der Waals surface area contributed by atoms with Crippen LogP contribution in [0.4, 0.5) is 10.5 Å². The van der Waals surface area contributed by atoms with E-state index < -0.39 is 0 Å². The highest BCUT2D eigenvalue weighted by atomic mass is 31.0. The molecule has 0 aliphatic carbocycles. The highest BCUT2D eigenvalue weighted by Crippen LogP contribution is 2.28. The van der Waals surface area contributed by atoms with Gasteiger partial charge in [0.05, 0.1) is 5.69 Å². The number of rotatable bonds is 3. The smallest absolute Gasteiger partial charge is 0.411 e. The molecule has 1 aliphatic rings. The van der Waals surface area contributed by atoms with Crippen molar-refractivity contribution in [2.45, 2.75) is 18.9 Å². The van der Waals surface area contributed by atoms with Crippen LogP contribution in [0.2, 0.25) is 0 Å². The molecular weight excluding hydrogens is 307 g/mol. The number of para-hydroxylation sites is 1. The van der Waals surface area contributed by atoms with Crippen LogP contribution in [0.25, 0.3) is 11.1 Å². The van der Waals surface area contributed by atoms with Crippen molar-refractivity contribution in [3.63, 3.8) is 0 Å². The van der Waals surface area contributed by atoms with Crippen molar-refractivity contribution >= 4 is 21.2 Å². The maximum Gasteiger partial charge on any atom is 0.411 e. The highest BCUT2D eigenvalue weighted by Gasteiger charge is 2.20. The number of hydrogen-bond acceptors (Lipinski definition) is 3. The van der Waals surface area contributed by atoms with Gasteiger partial charge in [-0.15, -0.1) is 0 Å². The summed E-state index contributed by atoms with van der Waals surface area (Å²) in [6.45, 7) is 1.87. The van der Waals surface area contributed by atoms with E-state index in [0.29, 0.717) is 0 Å². The van der Waals surface area contributed by atoms with E-state index in [1.54, 1.807) is 0 Å². The summed E-state index contributed by atoms with van der Waals surface area (Å²) in [4.78, 5) is 12.2. The van der Waals surface area contributed by atoms with Gasteiger partial charge in [0, 0.05) is 18.7 Å². The molecule has 1 fully saturated rings. The lowest BCUT2D eigenvalue weighted by Gasteiger charge is -2.28. The lowest BCUT2D eigenvalue weighted by Crippen LogP contribution is -2.33. The number of anilines is 1. The number of carbonyl (C=O) groups is 1. The van der Waals surface area contributed by atoms with Gasteiger partial charge in [-0.05, 0) is 24.5 Å². The monoisotopic (exact) mass is 328 g/mol. The summed E-state index contributed by atoms with van der Waals surface area (Å²) in [7, 11) is 2.69. The molecule has 0 aromatic heterocycles. The highest BCUT2D eigenvalue weighted by molar-refractivity contribution is 7.13. The van der Waals surface area contributed by atoms with Crippen LogP contribution in [0.15, 0.2) is 54.6 Å². The third-order valence-corrected chi connectivity index (χ3v) is 4.52. The van der Waals surface area contributed by atoms with Gasteiger partial charge in [0.2, 0.25) is 0 Å². The second-order valence-electron chi connectivity index (χ2n) is 5.68. The number of nitrogens with one attached hydrogen (secondary N) is 1. The predicted molar refractivity (Wildman–Crippen MR) is 96.3 cm³/mol. The van der Waals surface area contributed by atoms with Gasteiger partial charge < -0.3 is 4.74 Å². The molecule has 120 valence electrons. The number of nitrogens with zero attached hydrogens (tertiary/aromatic N) is 1. The van der Waals surface area contributed by atoms with Gasteiger partial charge in [-0.1, -0.05) is 57.9 Å². The Labute approximate surface area is 139 Å². The van der Waals surface area contributed by atoms with E-state index in [2.05, 4.69) is 19.4 Å². The van der Waals surface area contributed by atoms with Crippen molar-refractivity contribution in [2.24, 2.45) is 0 Å². The van der Waals surface area contributed by atoms with Crippen molar-refractivity contribution in [2.75, 3.05) is 18.4 Å². The van der Waals surface area contributed by atoms with Gasteiger partial charge in [-0.25, -0.2) is 4.79 Å². The van der Waals surface area contributed by atoms with Crippen molar-refractivity contribution in [3.05, 3.63) is 54.6 Å². The maximum absolute atomic E-state index is 12.2. The molecule has 2 aromatic rings. The predicted octanol–water partition coefficient (Wildman–Crippen LogP) is 4.16. The summed E-state index contributed by atoms with van der Waals surface area (Å²) in [6, 6.07) is 17.8. The number of piperidine rings is 1. The topological polar surface area (TPSA) is 41.6 Å². The van der Waals surface area contributed by atoms with Gasteiger partial charge in [0.1, 0.15) is 6.10 Å². The number of hydrogen-bond donors (Lipinski definition) is 1. The van der Waals surface area contributed by atoms with Gasteiger partial charge in [-0.3, -0.25) is 9.99 Å². The summed E-state index contributed by atoms with van der Waals surface area (Å²) in [5, 5.41) is 2.89. The first-order valence-corrected chi connectivity index (χ1v) is 8.36. The summed E-state index contributed by atoms with van der Waals surface area (Å²) in [6.07, 6.45) is 1.36. The normalized spacial score (nSPS) is 16.0. The SMILES string of the molecule is O=C(Nc1ccccc1-c1ccccc1)OC1CCN(P)CC1. The minimum absolute atomic E-state index is 0.00399. The first kappa shape index (κ1) is 16.0. The molecule has 0 saturated carbocycles. The molecule has 1 saturated heterocycles. The average molecular weight is 328 g/mol. The number of benzene rings is 2. The van der Waals surface area contributed by atoms with Gasteiger partial charge in [0.25, 0.3) is 0 Å². The van der Waals surface area contributed by atoms with E-state index in [9.17, 15) is 4.79 Å². The van der Waals surface area contributed by atoms with Crippen LogP contribution in [-0.2, 0) is 4.74 Å². The maximum atomic E-state index is 12.2. The molecule has 5 heteroatoms. The fraction of sp³-hybridized carbons (Fsp3) is 0.278. The van der Waals surface area contributed by atoms with Gasteiger partial charge >= 0.3 is 6.09 Å². The van der Waals surface area contributed by atoms with Crippen LogP contribution in [0, 0.1) is 0 Å². The second kappa shape index (κ2) is 7.58. The summed E-state index contributed by atoms with van der Waals surface area (Å²) >= 11 is 0. The first-order valence-electron chi connectivity index (χ1n) is 7.84. The summed E-state index contributed by atoms with van der Waals surface area (Å²) in [5.74, 6) is 0. The molecule has 1 N–H and O–H groups in total. The zero-order valence-corrected chi connectivity index (χ0v) is 14.1. The van der Waals surface area contributed by atoms with E-state index in [4.69, 9.17) is 4.74 Å². The zero-order chi connectivity index (χ0) is 16.1. The van der Waals surface area contributed by atoms with Crippen LogP contribution in [0.3, 0.4) is 0 Å². The third-order valence-electron chi connectivity index (χ3n) is 4.00. The first-order chi connectivity index (χ1) is 11.2. The Kier molecular flexibility index (Phi) is 5.27. The lowest BCUT2D eigenvalue weighted by atomic mass is 10.0. The Hall–Kier alpha value is -1.90. The van der Waals surface area contributed by atoms with Crippen LogP contribution in [0.1, 0.15) is 12.8 Å². The molecule has 1 heterocycles. The van der Waals surface area contributed by atoms with Crippen LogP contribution >= 0.6 is 9.39 Å². The molecule has 0 radical (unpaired) electrons. The number of carbonyl (C=O) groups excluding carboxylic acids is 1. The van der Waals surface area contributed by atoms with E-state index >= 15 is 0 Å². The van der Waals surface area contributed by atoms with Gasteiger partial charge in [-0.2, -0.15) is 0 Å². The minimum atomic E-state index is -0.379. The Morgan fingerprint density at radius 2 is 1.70 bits per heavy atom. The second-order valence-corrected chi connectivity index (χ2v) is 6.41. The quantitative estimate of drug-likeness (QED) is 0.860. The molecule has 1 unspecified atom stereocenters.